The number of carbonyl (C=O) groups excluding carboxylic acids is 1. The molecule has 0 aromatic carbocycles. The number of ether oxygens (including phenoxy) is 1. The fraction of sp³-hybridized carbons (Fsp3) is 0.615. The molecule has 3 N–H and O–H groups in total. The number of rotatable bonds is 8. The van der Waals surface area contributed by atoms with Crippen molar-refractivity contribution >= 4 is 18.3 Å². The van der Waals surface area contributed by atoms with Crippen molar-refractivity contribution in [2.45, 2.75) is 38.8 Å². The van der Waals surface area contributed by atoms with Crippen molar-refractivity contribution < 1.29 is 13.9 Å². The fourth-order valence-corrected chi connectivity index (χ4v) is 1.72. The van der Waals surface area contributed by atoms with E-state index in [1.807, 2.05) is 0 Å². The van der Waals surface area contributed by atoms with Crippen LogP contribution in [0.2, 0.25) is 0 Å². The molecule has 0 radical (unpaired) electrons. The summed E-state index contributed by atoms with van der Waals surface area (Å²) >= 11 is 0. The third kappa shape index (κ3) is 6.09. The molecule has 0 bridgehead atoms. The summed E-state index contributed by atoms with van der Waals surface area (Å²) in [6.45, 7) is 2.94. The van der Waals surface area contributed by atoms with Crippen molar-refractivity contribution in [3.63, 3.8) is 0 Å². The van der Waals surface area contributed by atoms with Gasteiger partial charge in [0.15, 0.2) is 0 Å². The summed E-state index contributed by atoms with van der Waals surface area (Å²) in [6, 6.07) is 1.71. The average Bonchev–Trinajstić information content (AvgIpc) is 2.85. The lowest BCUT2D eigenvalue weighted by molar-refractivity contribution is 0.0890. The van der Waals surface area contributed by atoms with Gasteiger partial charge in [0.1, 0.15) is 12.0 Å². The smallest absolute Gasteiger partial charge is 0.254 e. The van der Waals surface area contributed by atoms with Crippen LogP contribution in [0.4, 0.5) is 0 Å². The molecule has 6 heteroatoms. The molecule has 1 aromatic rings. The molecule has 5 nitrogen and oxygen atoms in total. The van der Waals surface area contributed by atoms with Crippen molar-refractivity contribution in [1.29, 1.82) is 0 Å². The molecule has 1 aromatic heterocycles. The number of amides is 1. The lowest BCUT2D eigenvalue weighted by Crippen LogP contribution is -2.37. The monoisotopic (exact) mass is 290 g/mol. The molecule has 19 heavy (non-hydrogen) atoms. The fourth-order valence-electron chi connectivity index (χ4n) is 1.72. The van der Waals surface area contributed by atoms with E-state index in [0.717, 1.165) is 19.3 Å². The number of nitrogens with one attached hydrogen (secondary N) is 1. The number of halogens is 1. The van der Waals surface area contributed by atoms with Gasteiger partial charge in [0.2, 0.25) is 0 Å². The van der Waals surface area contributed by atoms with Gasteiger partial charge in [-0.15, -0.1) is 12.4 Å². The molecule has 1 rings (SSSR count). The molecule has 1 amide bonds. The predicted octanol–water partition coefficient (Wildman–Crippen LogP) is 2.10. The zero-order valence-electron chi connectivity index (χ0n) is 11.5. The average molecular weight is 291 g/mol. The highest BCUT2D eigenvalue weighted by Crippen LogP contribution is 2.08. The summed E-state index contributed by atoms with van der Waals surface area (Å²) in [5.41, 5.74) is 5.94. The third-order valence-electron chi connectivity index (χ3n) is 2.73. The molecular formula is C13H23ClN2O3. The van der Waals surface area contributed by atoms with Crippen LogP contribution < -0.4 is 11.1 Å². The minimum Gasteiger partial charge on any atom is -0.467 e. The standard InChI is InChI=1S/C13H22N2O3.ClH/c1-3-4-5-11(9-17-2)15-13(16)10-6-12(7-14)18-8-10;/h6,8,11H,3-5,7,9,14H2,1-2H3,(H,15,16);1H. The van der Waals surface area contributed by atoms with Crippen molar-refractivity contribution in [3.05, 3.63) is 23.7 Å². The lowest BCUT2D eigenvalue weighted by Gasteiger charge is -2.16. The summed E-state index contributed by atoms with van der Waals surface area (Å²) in [5, 5.41) is 2.94. The number of nitrogens with two attached hydrogens (primary N) is 1. The quantitative estimate of drug-likeness (QED) is 0.768. The van der Waals surface area contributed by atoms with E-state index in [0.29, 0.717) is 24.5 Å². The molecule has 1 atom stereocenters. The van der Waals surface area contributed by atoms with Crippen LogP contribution in [-0.2, 0) is 11.3 Å². The first-order chi connectivity index (χ1) is 8.71. The van der Waals surface area contributed by atoms with E-state index in [4.69, 9.17) is 14.9 Å². The second-order valence-electron chi connectivity index (χ2n) is 4.27. The topological polar surface area (TPSA) is 77.5 Å². The number of hydrogen-bond acceptors (Lipinski definition) is 4. The van der Waals surface area contributed by atoms with E-state index in [-0.39, 0.29) is 24.4 Å². The second kappa shape index (κ2) is 9.83. The third-order valence-corrected chi connectivity index (χ3v) is 2.73. The maximum Gasteiger partial charge on any atom is 0.254 e. The van der Waals surface area contributed by atoms with Crippen molar-refractivity contribution in [2.75, 3.05) is 13.7 Å². The molecule has 0 fully saturated rings. The first kappa shape index (κ1) is 18.0. The summed E-state index contributed by atoms with van der Waals surface area (Å²) in [6.07, 6.45) is 4.51. The SMILES string of the molecule is CCCCC(COC)NC(=O)c1coc(CN)c1.Cl. The minimum absolute atomic E-state index is 0. The maximum absolute atomic E-state index is 12.0. The van der Waals surface area contributed by atoms with Gasteiger partial charge in [0.05, 0.1) is 24.8 Å². The summed E-state index contributed by atoms with van der Waals surface area (Å²) in [5.74, 6) is 0.466. The van der Waals surface area contributed by atoms with E-state index in [1.54, 1.807) is 13.2 Å². The van der Waals surface area contributed by atoms with Crippen LogP contribution >= 0.6 is 12.4 Å². The van der Waals surface area contributed by atoms with E-state index in [2.05, 4.69) is 12.2 Å². The zero-order valence-corrected chi connectivity index (χ0v) is 12.3. The van der Waals surface area contributed by atoms with E-state index in [9.17, 15) is 4.79 Å². The van der Waals surface area contributed by atoms with Crippen molar-refractivity contribution in [3.8, 4) is 0 Å². The highest BCUT2D eigenvalue weighted by molar-refractivity contribution is 5.94. The summed E-state index contributed by atoms with van der Waals surface area (Å²) in [7, 11) is 1.63. The molecule has 0 aliphatic carbocycles. The highest BCUT2D eigenvalue weighted by atomic mass is 35.5. The Bertz CT molecular complexity index is 369. The molecule has 0 aliphatic heterocycles. The van der Waals surface area contributed by atoms with Gasteiger partial charge in [-0.25, -0.2) is 0 Å². The Morgan fingerprint density at radius 1 is 1.58 bits per heavy atom. The van der Waals surface area contributed by atoms with Gasteiger partial charge in [0, 0.05) is 7.11 Å². The summed E-state index contributed by atoms with van der Waals surface area (Å²) < 4.78 is 10.2. The van der Waals surface area contributed by atoms with E-state index >= 15 is 0 Å². The molecular weight excluding hydrogens is 268 g/mol. The lowest BCUT2D eigenvalue weighted by atomic mass is 10.1. The van der Waals surface area contributed by atoms with Gasteiger partial charge in [-0.3, -0.25) is 4.79 Å². The van der Waals surface area contributed by atoms with Gasteiger partial charge in [-0.1, -0.05) is 19.8 Å². The molecule has 110 valence electrons. The zero-order chi connectivity index (χ0) is 13.4. The normalized spacial score (nSPS) is 11.7. The Labute approximate surface area is 120 Å². The largest absolute Gasteiger partial charge is 0.467 e. The number of furan rings is 1. The number of unbranched alkanes of at least 4 members (excludes halogenated alkanes) is 1. The molecule has 0 spiro atoms. The van der Waals surface area contributed by atoms with Gasteiger partial charge >= 0.3 is 0 Å². The Morgan fingerprint density at radius 3 is 2.84 bits per heavy atom. The Balaban J connectivity index is 0.00000324. The Morgan fingerprint density at radius 2 is 2.32 bits per heavy atom. The highest BCUT2D eigenvalue weighted by Gasteiger charge is 2.15. The maximum atomic E-state index is 12.0. The minimum atomic E-state index is -0.142. The first-order valence-electron chi connectivity index (χ1n) is 6.28. The number of hydrogen-bond donors (Lipinski definition) is 2. The van der Waals surface area contributed by atoms with Gasteiger partial charge < -0.3 is 20.2 Å². The van der Waals surface area contributed by atoms with Crippen LogP contribution in [0.1, 0.15) is 42.3 Å². The van der Waals surface area contributed by atoms with Crippen LogP contribution in [0, 0.1) is 0 Å². The van der Waals surface area contributed by atoms with Gasteiger partial charge in [-0.05, 0) is 12.5 Å². The van der Waals surface area contributed by atoms with E-state index < -0.39 is 0 Å². The predicted molar refractivity (Wildman–Crippen MR) is 76.5 cm³/mol. The van der Waals surface area contributed by atoms with Crippen LogP contribution in [0.3, 0.4) is 0 Å². The molecule has 0 saturated heterocycles. The van der Waals surface area contributed by atoms with Crippen LogP contribution in [0.25, 0.3) is 0 Å². The van der Waals surface area contributed by atoms with Gasteiger partial charge in [0.25, 0.3) is 5.91 Å². The summed E-state index contributed by atoms with van der Waals surface area (Å²) in [4.78, 5) is 12.0. The Kier molecular flexibility index (Phi) is 9.30. The molecule has 1 unspecified atom stereocenters. The van der Waals surface area contributed by atoms with Gasteiger partial charge in [-0.2, -0.15) is 0 Å². The van der Waals surface area contributed by atoms with Crippen molar-refractivity contribution in [1.82, 2.24) is 5.32 Å². The second-order valence-corrected chi connectivity index (χ2v) is 4.27. The van der Waals surface area contributed by atoms with E-state index in [1.165, 1.54) is 6.26 Å². The first-order valence-corrected chi connectivity index (χ1v) is 6.28. The molecule has 1 heterocycles. The number of methoxy groups -OCH3 is 1. The number of carbonyl (C=O) groups is 1. The van der Waals surface area contributed by atoms with Crippen LogP contribution in [0.15, 0.2) is 16.7 Å². The molecule has 0 aliphatic rings. The van der Waals surface area contributed by atoms with Crippen LogP contribution in [-0.4, -0.2) is 25.7 Å². The van der Waals surface area contributed by atoms with Crippen molar-refractivity contribution in [2.24, 2.45) is 5.73 Å². The molecule has 0 saturated carbocycles. The Hall–Kier alpha value is -1.04. The van der Waals surface area contributed by atoms with Crippen LogP contribution in [0.5, 0.6) is 0 Å².